The van der Waals surface area contributed by atoms with Crippen LogP contribution in [0.1, 0.15) is 67.1 Å². The first-order valence-electron chi connectivity index (χ1n) is 5.68. The lowest BCUT2D eigenvalue weighted by Gasteiger charge is -2.03. The second-order valence-corrected chi connectivity index (χ2v) is 3.68. The van der Waals surface area contributed by atoms with Crippen LogP contribution in [0.3, 0.4) is 0 Å². The molecule has 0 aliphatic rings. The van der Waals surface area contributed by atoms with Crippen molar-refractivity contribution in [2.45, 2.75) is 65.7 Å². The minimum atomic E-state index is 0.173. The van der Waals surface area contributed by atoms with Crippen molar-refractivity contribution in [1.29, 1.82) is 0 Å². The molecule has 0 amide bonds. The quantitative estimate of drug-likeness (QED) is 0.481. The highest BCUT2D eigenvalue weighted by molar-refractivity contribution is 4.47. The molecule has 0 bridgehead atoms. The van der Waals surface area contributed by atoms with Crippen molar-refractivity contribution < 1.29 is 1.37 Å². The molecule has 1 unspecified atom stereocenters. The van der Waals surface area contributed by atoms with Crippen LogP contribution < -0.4 is 0 Å². The zero-order chi connectivity index (χ0) is 9.40. The highest BCUT2D eigenvalue weighted by Crippen LogP contribution is 2.10. The molecule has 0 rings (SSSR count). The summed E-state index contributed by atoms with van der Waals surface area (Å²) < 4.78 is 7.71. The van der Waals surface area contributed by atoms with E-state index < -0.39 is 0 Å². The van der Waals surface area contributed by atoms with Crippen LogP contribution in [0.25, 0.3) is 0 Å². The van der Waals surface area contributed by atoms with E-state index in [-0.39, 0.29) is 6.40 Å². The van der Waals surface area contributed by atoms with E-state index in [1.807, 2.05) is 0 Å². The standard InChI is InChI=1S/C11H24/c1-4-5-6-7-8-9-10-11(2)3/h11H,4-10H2,1-3H3/i10D. The van der Waals surface area contributed by atoms with Gasteiger partial charge in [-0.1, -0.05) is 65.7 Å². The van der Waals surface area contributed by atoms with Gasteiger partial charge in [-0.3, -0.25) is 0 Å². The van der Waals surface area contributed by atoms with Gasteiger partial charge in [-0.05, 0) is 5.92 Å². The van der Waals surface area contributed by atoms with E-state index in [4.69, 9.17) is 1.37 Å². The molecule has 0 spiro atoms. The molecule has 0 heterocycles. The van der Waals surface area contributed by atoms with Gasteiger partial charge in [-0.25, -0.2) is 0 Å². The Bertz CT molecular complexity index is 89.0. The van der Waals surface area contributed by atoms with Crippen LogP contribution in [-0.4, -0.2) is 0 Å². The number of hydrogen-bond acceptors (Lipinski definition) is 0. The number of rotatable bonds is 7. The normalized spacial score (nSPS) is 15.1. The average molecular weight is 157 g/mol. The van der Waals surface area contributed by atoms with Gasteiger partial charge in [0, 0.05) is 1.37 Å². The molecule has 0 aromatic heterocycles. The first kappa shape index (κ1) is 9.09. The van der Waals surface area contributed by atoms with E-state index in [0.717, 1.165) is 6.42 Å². The Hall–Kier alpha value is 0. The van der Waals surface area contributed by atoms with Gasteiger partial charge in [0.05, 0.1) is 0 Å². The Morgan fingerprint density at radius 2 is 1.55 bits per heavy atom. The summed E-state index contributed by atoms with van der Waals surface area (Å²) in [4.78, 5) is 0. The lowest BCUT2D eigenvalue weighted by molar-refractivity contribution is 0.514. The fraction of sp³-hybridized carbons (Fsp3) is 1.00. The van der Waals surface area contributed by atoms with Crippen molar-refractivity contribution in [3.63, 3.8) is 0 Å². The maximum absolute atomic E-state index is 7.71. The summed E-state index contributed by atoms with van der Waals surface area (Å²) in [5.74, 6) is 0.538. The largest absolute Gasteiger partial charge is 0.0654 e. The van der Waals surface area contributed by atoms with Gasteiger partial charge < -0.3 is 0 Å². The molecule has 0 aliphatic carbocycles. The molecule has 0 radical (unpaired) electrons. The molecule has 0 heteroatoms. The lowest BCUT2D eigenvalue weighted by atomic mass is 10.0. The highest BCUT2D eigenvalue weighted by Gasteiger charge is 1.93. The molecule has 0 aliphatic heterocycles. The first-order chi connectivity index (χ1) is 5.68. The van der Waals surface area contributed by atoms with E-state index >= 15 is 0 Å². The molecule has 0 saturated carbocycles. The van der Waals surface area contributed by atoms with Crippen molar-refractivity contribution in [2.75, 3.05) is 0 Å². The van der Waals surface area contributed by atoms with Gasteiger partial charge in [-0.15, -0.1) is 0 Å². The second-order valence-electron chi connectivity index (χ2n) is 3.68. The Morgan fingerprint density at radius 3 is 2.09 bits per heavy atom. The SMILES string of the molecule is [2H]C(CCCCCCC)C(C)C. The van der Waals surface area contributed by atoms with Crippen LogP contribution in [0.4, 0.5) is 0 Å². The predicted octanol–water partition coefficient (Wildman–Crippen LogP) is 4.39. The third kappa shape index (κ3) is 10.0. The minimum absolute atomic E-state index is 0.173. The van der Waals surface area contributed by atoms with Crippen LogP contribution in [0, 0.1) is 5.92 Å². The fourth-order valence-corrected chi connectivity index (χ4v) is 1.20. The van der Waals surface area contributed by atoms with Crippen LogP contribution in [-0.2, 0) is 0 Å². The first-order valence-corrected chi connectivity index (χ1v) is 5.10. The van der Waals surface area contributed by atoms with Crippen LogP contribution >= 0.6 is 0 Å². The summed E-state index contributed by atoms with van der Waals surface area (Å²) in [7, 11) is 0. The van der Waals surface area contributed by atoms with Crippen LogP contribution in [0.15, 0.2) is 0 Å². The topological polar surface area (TPSA) is 0 Å². The van der Waals surface area contributed by atoms with Gasteiger partial charge >= 0.3 is 0 Å². The second kappa shape index (κ2) is 8.10. The summed E-state index contributed by atoms with van der Waals surface area (Å²) in [6.45, 7) is 6.52. The Morgan fingerprint density at radius 1 is 1.00 bits per heavy atom. The van der Waals surface area contributed by atoms with Crippen molar-refractivity contribution in [3.8, 4) is 0 Å². The fourth-order valence-electron chi connectivity index (χ4n) is 1.20. The summed E-state index contributed by atoms with van der Waals surface area (Å²) >= 11 is 0. The van der Waals surface area contributed by atoms with Crippen molar-refractivity contribution in [1.82, 2.24) is 0 Å². The molecule has 0 aromatic carbocycles. The van der Waals surface area contributed by atoms with Crippen LogP contribution in [0.2, 0.25) is 0 Å². The molecule has 0 aromatic rings. The Labute approximate surface area is 73.8 Å². The van der Waals surface area contributed by atoms with E-state index in [1.54, 1.807) is 0 Å². The molecular weight excluding hydrogens is 132 g/mol. The lowest BCUT2D eigenvalue weighted by Crippen LogP contribution is -1.86. The van der Waals surface area contributed by atoms with E-state index in [2.05, 4.69) is 20.8 Å². The molecule has 11 heavy (non-hydrogen) atoms. The maximum Gasteiger partial charge on any atom is 0.0269 e. The molecule has 0 saturated heterocycles. The summed E-state index contributed by atoms with van der Waals surface area (Å²) in [5, 5.41) is 0. The molecule has 0 N–H and O–H groups in total. The third-order valence-corrected chi connectivity index (χ3v) is 1.95. The zero-order valence-corrected chi connectivity index (χ0v) is 8.40. The zero-order valence-electron chi connectivity index (χ0n) is 9.40. The molecule has 0 nitrogen and oxygen atoms in total. The summed E-state index contributed by atoms with van der Waals surface area (Å²) in [6.07, 6.45) is 7.90. The minimum Gasteiger partial charge on any atom is -0.0654 e. The molecule has 0 fully saturated rings. The molecule has 68 valence electrons. The molecule has 1 atom stereocenters. The Kier molecular flexibility index (Phi) is 6.69. The van der Waals surface area contributed by atoms with Gasteiger partial charge in [-0.2, -0.15) is 0 Å². The maximum atomic E-state index is 7.71. The number of hydrogen-bond donors (Lipinski definition) is 0. The monoisotopic (exact) mass is 157 g/mol. The smallest absolute Gasteiger partial charge is 0.0269 e. The average Bonchev–Trinajstić information content (AvgIpc) is 2.03. The van der Waals surface area contributed by atoms with Crippen molar-refractivity contribution in [2.24, 2.45) is 5.92 Å². The van der Waals surface area contributed by atoms with Crippen molar-refractivity contribution in [3.05, 3.63) is 0 Å². The molecular formula is C11H24. The van der Waals surface area contributed by atoms with Gasteiger partial charge in [0.2, 0.25) is 0 Å². The third-order valence-electron chi connectivity index (χ3n) is 1.95. The van der Waals surface area contributed by atoms with Crippen LogP contribution in [0.5, 0.6) is 0 Å². The van der Waals surface area contributed by atoms with Gasteiger partial charge in [0.15, 0.2) is 0 Å². The Balaban J connectivity index is 3.08. The van der Waals surface area contributed by atoms with E-state index in [0.29, 0.717) is 5.92 Å². The van der Waals surface area contributed by atoms with E-state index in [9.17, 15) is 0 Å². The van der Waals surface area contributed by atoms with Gasteiger partial charge in [0.1, 0.15) is 0 Å². The van der Waals surface area contributed by atoms with E-state index in [1.165, 1.54) is 32.1 Å². The summed E-state index contributed by atoms with van der Waals surface area (Å²) in [5.41, 5.74) is 0. The summed E-state index contributed by atoms with van der Waals surface area (Å²) in [6, 6.07) is 0. The predicted molar refractivity (Wildman–Crippen MR) is 52.8 cm³/mol. The highest BCUT2D eigenvalue weighted by atomic mass is 14.0. The number of unbranched alkanes of at least 4 members (excludes halogenated alkanes) is 4. The van der Waals surface area contributed by atoms with Crippen molar-refractivity contribution >= 4 is 0 Å². The van der Waals surface area contributed by atoms with Gasteiger partial charge in [0.25, 0.3) is 0 Å².